The molecular weight excluding hydrogens is 228 g/mol. The maximum atomic E-state index is 11.0. The van der Waals surface area contributed by atoms with Crippen molar-refractivity contribution in [2.24, 2.45) is 5.73 Å². The number of benzene rings is 1. The normalized spacial score (nSPS) is 10.6. The molecule has 0 atom stereocenters. The third-order valence-electron chi connectivity index (χ3n) is 2.69. The van der Waals surface area contributed by atoms with Gasteiger partial charge in [-0.3, -0.25) is 4.79 Å². The van der Waals surface area contributed by atoms with E-state index in [1.807, 2.05) is 26.1 Å². The molecule has 0 aliphatic carbocycles. The molecule has 0 fully saturated rings. The van der Waals surface area contributed by atoms with E-state index in [1.165, 1.54) is 5.56 Å². The van der Waals surface area contributed by atoms with Crippen molar-refractivity contribution in [2.75, 3.05) is 7.05 Å². The van der Waals surface area contributed by atoms with Crippen molar-refractivity contribution >= 4 is 5.91 Å². The number of rotatable bonds is 4. The van der Waals surface area contributed by atoms with E-state index in [0.29, 0.717) is 0 Å². The third kappa shape index (κ3) is 2.41. The maximum Gasteiger partial charge on any atom is 0.269 e. The van der Waals surface area contributed by atoms with Gasteiger partial charge in [0.25, 0.3) is 5.91 Å². The van der Waals surface area contributed by atoms with E-state index >= 15 is 0 Å². The van der Waals surface area contributed by atoms with Gasteiger partial charge in [0.1, 0.15) is 5.69 Å². The van der Waals surface area contributed by atoms with Crippen LogP contribution in [0.2, 0.25) is 0 Å². The molecule has 0 radical (unpaired) electrons. The first kappa shape index (κ1) is 12.3. The summed E-state index contributed by atoms with van der Waals surface area (Å²) in [6.45, 7) is 2.78. The maximum absolute atomic E-state index is 11.0. The Bertz CT molecular complexity index is 574. The zero-order valence-electron chi connectivity index (χ0n) is 10.5. The van der Waals surface area contributed by atoms with Crippen LogP contribution in [0.5, 0.6) is 0 Å². The SMILES string of the molecule is CNCc1cc(C)ccc1-n1ccc(C(N)=O)n1. The quantitative estimate of drug-likeness (QED) is 0.842. The molecule has 0 saturated heterocycles. The predicted molar refractivity (Wildman–Crippen MR) is 69.6 cm³/mol. The van der Waals surface area contributed by atoms with Gasteiger partial charge in [-0.25, -0.2) is 4.68 Å². The standard InChI is InChI=1S/C13H16N4O/c1-9-3-4-12(10(7-9)8-15-2)17-6-5-11(16-17)13(14)18/h3-7,15H,8H2,1-2H3,(H2,14,18). The van der Waals surface area contributed by atoms with Crippen LogP contribution in [0.1, 0.15) is 21.6 Å². The lowest BCUT2D eigenvalue weighted by atomic mass is 10.1. The number of carbonyl (C=O) groups excluding carboxylic acids is 1. The monoisotopic (exact) mass is 244 g/mol. The molecule has 2 aromatic rings. The van der Waals surface area contributed by atoms with Crippen molar-refractivity contribution in [2.45, 2.75) is 13.5 Å². The van der Waals surface area contributed by atoms with Crippen LogP contribution in [-0.4, -0.2) is 22.7 Å². The van der Waals surface area contributed by atoms with E-state index in [0.717, 1.165) is 17.8 Å². The molecule has 1 aromatic heterocycles. The summed E-state index contributed by atoms with van der Waals surface area (Å²) in [5, 5.41) is 7.29. The van der Waals surface area contributed by atoms with Gasteiger partial charge in [-0.1, -0.05) is 17.7 Å². The molecule has 5 nitrogen and oxygen atoms in total. The van der Waals surface area contributed by atoms with Crippen molar-refractivity contribution in [3.05, 3.63) is 47.3 Å². The molecule has 1 heterocycles. The first-order chi connectivity index (χ1) is 8.61. The van der Waals surface area contributed by atoms with Crippen molar-refractivity contribution in [3.63, 3.8) is 0 Å². The van der Waals surface area contributed by atoms with Crippen LogP contribution in [0, 0.1) is 6.92 Å². The number of amides is 1. The fourth-order valence-electron chi connectivity index (χ4n) is 1.86. The molecule has 0 unspecified atom stereocenters. The van der Waals surface area contributed by atoms with Gasteiger partial charge >= 0.3 is 0 Å². The van der Waals surface area contributed by atoms with Crippen LogP contribution in [0.4, 0.5) is 0 Å². The number of nitrogens with one attached hydrogen (secondary N) is 1. The average molecular weight is 244 g/mol. The van der Waals surface area contributed by atoms with E-state index < -0.39 is 5.91 Å². The van der Waals surface area contributed by atoms with Gasteiger partial charge in [0, 0.05) is 12.7 Å². The molecular formula is C13H16N4O. The Hall–Kier alpha value is -2.14. The molecule has 0 aliphatic rings. The van der Waals surface area contributed by atoms with Gasteiger partial charge in [-0.05, 0) is 31.7 Å². The smallest absolute Gasteiger partial charge is 0.269 e. The van der Waals surface area contributed by atoms with Crippen LogP contribution in [0.15, 0.2) is 30.5 Å². The summed E-state index contributed by atoms with van der Waals surface area (Å²) in [7, 11) is 1.89. The lowest BCUT2D eigenvalue weighted by molar-refractivity contribution is 0.0995. The van der Waals surface area contributed by atoms with Gasteiger partial charge in [0.2, 0.25) is 0 Å². The van der Waals surface area contributed by atoms with Crippen molar-refractivity contribution in [1.82, 2.24) is 15.1 Å². The molecule has 5 heteroatoms. The van der Waals surface area contributed by atoms with Crippen molar-refractivity contribution in [3.8, 4) is 5.69 Å². The van der Waals surface area contributed by atoms with Crippen LogP contribution in [0.25, 0.3) is 5.69 Å². The lowest BCUT2D eigenvalue weighted by Gasteiger charge is -2.10. The molecule has 94 valence electrons. The molecule has 0 saturated carbocycles. The number of aryl methyl sites for hydroxylation is 1. The molecule has 3 N–H and O–H groups in total. The Labute approximate surface area is 106 Å². The molecule has 1 amide bonds. The minimum Gasteiger partial charge on any atom is -0.364 e. The highest BCUT2D eigenvalue weighted by Gasteiger charge is 2.09. The number of nitrogens with zero attached hydrogens (tertiary/aromatic N) is 2. The lowest BCUT2D eigenvalue weighted by Crippen LogP contribution is -2.13. The summed E-state index contributed by atoms with van der Waals surface area (Å²) in [6, 6.07) is 7.71. The highest BCUT2D eigenvalue weighted by molar-refractivity contribution is 5.90. The number of hydrogen-bond acceptors (Lipinski definition) is 3. The van der Waals surface area contributed by atoms with E-state index in [4.69, 9.17) is 5.73 Å². The second kappa shape index (κ2) is 5.01. The molecule has 0 spiro atoms. The van der Waals surface area contributed by atoms with Crippen molar-refractivity contribution in [1.29, 1.82) is 0 Å². The number of primary amides is 1. The number of hydrogen-bond donors (Lipinski definition) is 2. The fourth-order valence-corrected chi connectivity index (χ4v) is 1.86. The molecule has 1 aromatic carbocycles. The second-order valence-electron chi connectivity index (χ2n) is 4.17. The molecule has 0 bridgehead atoms. The summed E-state index contributed by atoms with van der Waals surface area (Å²) in [4.78, 5) is 11.0. The minimum absolute atomic E-state index is 0.269. The Morgan fingerprint density at radius 3 is 2.83 bits per heavy atom. The summed E-state index contributed by atoms with van der Waals surface area (Å²) < 4.78 is 1.67. The number of nitrogens with two attached hydrogens (primary N) is 1. The summed E-state index contributed by atoms with van der Waals surface area (Å²) in [6.07, 6.45) is 1.74. The van der Waals surface area contributed by atoms with Gasteiger partial charge in [0.15, 0.2) is 0 Å². The highest BCUT2D eigenvalue weighted by Crippen LogP contribution is 2.16. The minimum atomic E-state index is -0.518. The second-order valence-corrected chi connectivity index (χ2v) is 4.17. The van der Waals surface area contributed by atoms with Crippen LogP contribution >= 0.6 is 0 Å². The zero-order valence-corrected chi connectivity index (χ0v) is 10.5. The summed E-state index contributed by atoms with van der Waals surface area (Å²) in [5.74, 6) is -0.518. The highest BCUT2D eigenvalue weighted by atomic mass is 16.1. The third-order valence-corrected chi connectivity index (χ3v) is 2.69. The summed E-state index contributed by atoms with van der Waals surface area (Å²) >= 11 is 0. The Morgan fingerprint density at radius 1 is 1.44 bits per heavy atom. The van der Waals surface area contributed by atoms with E-state index in [9.17, 15) is 4.79 Å². The number of aromatic nitrogens is 2. The Kier molecular flexibility index (Phi) is 3.43. The number of carbonyl (C=O) groups is 1. The van der Waals surface area contributed by atoms with Crippen LogP contribution in [0.3, 0.4) is 0 Å². The predicted octanol–water partition coefficient (Wildman–Crippen LogP) is 0.999. The summed E-state index contributed by atoms with van der Waals surface area (Å²) in [5.41, 5.74) is 8.72. The molecule has 2 rings (SSSR count). The first-order valence-corrected chi connectivity index (χ1v) is 5.72. The van der Waals surface area contributed by atoms with Gasteiger partial charge in [-0.2, -0.15) is 5.10 Å². The Morgan fingerprint density at radius 2 is 2.22 bits per heavy atom. The van der Waals surface area contributed by atoms with Crippen LogP contribution in [-0.2, 0) is 6.54 Å². The topological polar surface area (TPSA) is 72.9 Å². The van der Waals surface area contributed by atoms with E-state index in [-0.39, 0.29) is 5.69 Å². The Balaban J connectivity index is 2.45. The van der Waals surface area contributed by atoms with Gasteiger partial charge in [-0.15, -0.1) is 0 Å². The van der Waals surface area contributed by atoms with Crippen molar-refractivity contribution < 1.29 is 4.79 Å². The van der Waals surface area contributed by atoms with E-state index in [1.54, 1.807) is 16.9 Å². The fraction of sp³-hybridized carbons (Fsp3) is 0.231. The van der Waals surface area contributed by atoms with Gasteiger partial charge in [0.05, 0.1) is 5.69 Å². The van der Waals surface area contributed by atoms with Crippen LogP contribution < -0.4 is 11.1 Å². The average Bonchev–Trinajstić information content (AvgIpc) is 2.79. The molecule has 0 aliphatic heterocycles. The van der Waals surface area contributed by atoms with Gasteiger partial charge < -0.3 is 11.1 Å². The largest absolute Gasteiger partial charge is 0.364 e. The molecule has 18 heavy (non-hydrogen) atoms. The zero-order chi connectivity index (χ0) is 13.1. The first-order valence-electron chi connectivity index (χ1n) is 5.72. The van der Waals surface area contributed by atoms with E-state index in [2.05, 4.69) is 16.5 Å².